The zero-order valence-corrected chi connectivity index (χ0v) is 7.66. The van der Waals surface area contributed by atoms with E-state index in [0.717, 1.165) is 16.5 Å². The molecule has 3 N–H and O–H groups in total. The van der Waals surface area contributed by atoms with Crippen molar-refractivity contribution in [3.8, 4) is 0 Å². The number of amides is 1. The van der Waals surface area contributed by atoms with Crippen molar-refractivity contribution in [2.45, 2.75) is 12.8 Å². The first kappa shape index (κ1) is 8.74. The number of rotatable bonds is 3. The van der Waals surface area contributed by atoms with Crippen molar-refractivity contribution in [2.75, 3.05) is 0 Å². The summed E-state index contributed by atoms with van der Waals surface area (Å²) in [7, 11) is 0. The summed E-state index contributed by atoms with van der Waals surface area (Å²) in [5.41, 5.74) is 7.20. The quantitative estimate of drug-likeness (QED) is 0.755. The molecule has 4 nitrogen and oxygen atoms in total. The maximum Gasteiger partial charge on any atom is 0.217 e. The van der Waals surface area contributed by atoms with E-state index in [9.17, 15) is 4.79 Å². The number of nitrogens with zero attached hydrogens (tertiary/aromatic N) is 1. The number of fused-ring (bicyclic) bond motifs is 1. The Bertz CT molecular complexity index is 461. The minimum atomic E-state index is -0.273. The number of primary amides is 1. The van der Waals surface area contributed by atoms with Gasteiger partial charge in [-0.25, -0.2) is 0 Å². The predicted octanol–water partition coefficient (Wildman–Crippen LogP) is 0.981. The molecule has 0 unspecified atom stereocenters. The molecule has 0 fully saturated rings. The second kappa shape index (κ2) is 3.49. The molecule has 0 spiro atoms. The molecule has 0 saturated heterocycles. The van der Waals surface area contributed by atoms with Crippen LogP contribution in [0.3, 0.4) is 0 Å². The number of carbonyl (C=O) groups excluding carboxylic acids is 1. The van der Waals surface area contributed by atoms with Crippen LogP contribution in [0.25, 0.3) is 10.9 Å². The molecule has 2 aromatic rings. The van der Waals surface area contributed by atoms with Gasteiger partial charge in [0.25, 0.3) is 0 Å². The molecule has 0 aliphatic rings. The average molecular weight is 189 g/mol. The number of carbonyl (C=O) groups is 1. The summed E-state index contributed by atoms with van der Waals surface area (Å²) in [6.45, 7) is 0. The van der Waals surface area contributed by atoms with E-state index in [1.807, 2.05) is 18.2 Å². The van der Waals surface area contributed by atoms with Crippen LogP contribution in [0.2, 0.25) is 0 Å². The molecule has 14 heavy (non-hydrogen) atoms. The van der Waals surface area contributed by atoms with Gasteiger partial charge < -0.3 is 5.73 Å². The second-order valence-electron chi connectivity index (χ2n) is 3.21. The molecule has 0 aliphatic carbocycles. The van der Waals surface area contributed by atoms with Crippen LogP contribution >= 0.6 is 0 Å². The third kappa shape index (κ3) is 1.59. The molecule has 0 aliphatic heterocycles. The number of aromatic amines is 1. The van der Waals surface area contributed by atoms with Crippen LogP contribution < -0.4 is 5.73 Å². The third-order valence-electron chi connectivity index (χ3n) is 2.22. The molecule has 72 valence electrons. The Hall–Kier alpha value is -1.84. The van der Waals surface area contributed by atoms with Crippen molar-refractivity contribution in [1.82, 2.24) is 10.2 Å². The van der Waals surface area contributed by atoms with Crippen LogP contribution in [0, 0.1) is 0 Å². The number of hydrogen-bond donors (Lipinski definition) is 2. The number of hydrogen-bond acceptors (Lipinski definition) is 2. The van der Waals surface area contributed by atoms with Crippen LogP contribution in [0.4, 0.5) is 0 Å². The maximum atomic E-state index is 10.6. The summed E-state index contributed by atoms with van der Waals surface area (Å²) in [6, 6.07) is 5.88. The summed E-state index contributed by atoms with van der Waals surface area (Å²) < 4.78 is 0. The fourth-order valence-corrected chi connectivity index (χ4v) is 1.51. The van der Waals surface area contributed by atoms with Crippen molar-refractivity contribution in [1.29, 1.82) is 0 Å². The summed E-state index contributed by atoms with van der Waals surface area (Å²) in [6.07, 6.45) is 2.82. The molecule has 2 rings (SSSR count). The van der Waals surface area contributed by atoms with Gasteiger partial charge in [0.05, 0.1) is 11.7 Å². The van der Waals surface area contributed by atoms with Crippen LogP contribution in [0.5, 0.6) is 0 Å². The number of aryl methyl sites for hydroxylation is 1. The number of benzene rings is 1. The topological polar surface area (TPSA) is 71.8 Å². The van der Waals surface area contributed by atoms with E-state index in [4.69, 9.17) is 5.73 Å². The molecule has 4 heteroatoms. The molecular formula is C10H11N3O. The van der Waals surface area contributed by atoms with Crippen LogP contribution in [0.15, 0.2) is 24.4 Å². The number of H-pyrrole nitrogens is 1. The SMILES string of the molecule is NC(=O)CCc1cccc2[nH]ncc12. The van der Waals surface area contributed by atoms with E-state index in [1.54, 1.807) is 6.20 Å². The largest absolute Gasteiger partial charge is 0.370 e. The Labute approximate surface area is 81.1 Å². The van der Waals surface area contributed by atoms with Crippen molar-refractivity contribution in [2.24, 2.45) is 5.73 Å². The molecular weight excluding hydrogens is 178 g/mol. The van der Waals surface area contributed by atoms with E-state index < -0.39 is 0 Å². The lowest BCUT2D eigenvalue weighted by molar-refractivity contribution is -0.117. The van der Waals surface area contributed by atoms with Gasteiger partial charge in [-0.05, 0) is 18.1 Å². The van der Waals surface area contributed by atoms with E-state index in [0.29, 0.717) is 12.8 Å². The van der Waals surface area contributed by atoms with Gasteiger partial charge in [-0.3, -0.25) is 9.89 Å². The Morgan fingerprint density at radius 3 is 3.14 bits per heavy atom. The summed E-state index contributed by atoms with van der Waals surface area (Å²) in [5.74, 6) is -0.273. The minimum absolute atomic E-state index is 0.273. The van der Waals surface area contributed by atoms with E-state index in [1.165, 1.54) is 0 Å². The van der Waals surface area contributed by atoms with Crippen LogP contribution in [-0.2, 0) is 11.2 Å². The number of nitrogens with two attached hydrogens (primary N) is 1. The van der Waals surface area contributed by atoms with Gasteiger partial charge in [0.15, 0.2) is 0 Å². The van der Waals surface area contributed by atoms with Crippen molar-refractivity contribution in [3.05, 3.63) is 30.0 Å². The Balaban J connectivity index is 2.32. The molecule has 1 aromatic heterocycles. The molecule has 0 bridgehead atoms. The zero-order valence-electron chi connectivity index (χ0n) is 7.66. The summed E-state index contributed by atoms with van der Waals surface area (Å²) in [5, 5.41) is 7.89. The third-order valence-corrected chi connectivity index (χ3v) is 2.22. The summed E-state index contributed by atoms with van der Waals surface area (Å²) in [4.78, 5) is 10.6. The van der Waals surface area contributed by atoms with Gasteiger partial charge in [-0.2, -0.15) is 5.10 Å². The molecule has 0 radical (unpaired) electrons. The molecule has 1 heterocycles. The second-order valence-corrected chi connectivity index (χ2v) is 3.21. The van der Waals surface area contributed by atoms with Crippen LogP contribution in [-0.4, -0.2) is 16.1 Å². The molecule has 0 saturated carbocycles. The van der Waals surface area contributed by atoms with Gasteiger partial charge in [0.2, 0.25) is 5.91 Å². The van der Waals surface area contributed by atoms with Gasteiger partial charge in [-0.15, -0.1) is 0 Å². The monoisotopic (exact) mass is 189 g/mol. The Morgan fingerprint density at radius 2 is 2.36 bits per heavy atom. The average Bonchev–Trinajstić information content (AvgIpc) is 2.62. The molecule has 1 aromatic carbocycles. The first-order valence-corrected chi connectivity index (χ1v) is 4.46. The highest BCUT2D eigenvalue weighted by Gasteiger charge is 2.03. The Kier molecular flexibility index (Phi) is 2.18. The first-order valence-electron chi connectivity index (χ1n) is 4.46. The highest BCUT2D eigenvalue weighted by Crippen LogP contribution is 2.17. The van der Waals surface area contributed by atoms with Gasteiger partial charge in [0, 0.05) is 11.8 Å². The van der Waals surface area contributed by atoms with Gasteiger partial charge in [0.1, 0.15) is 0 Å². The minimum Gasteiger partial charge on any atom is -0.370 e. The normalized spacial score (nSPS) is 10.6. The lowest BCUT2D eigenvalue weighted by atomic mass is 10.1. The van der Waals surface area contributed by atoms with Gasteiger partial charge in [-0.1, -0.05) is 12.1 Å². The zero-order chi connectivity index (χ0) is 9.97. The smallest absolute Gasteiger partial charge is 0.217 e. The van der Waals surface area contributed by atoms with E-state index >= 15 is 0 Å². The summed E-state index contributed by atoms with van der Waals surface area (Å²) >= 11 is 0. The van der Waals surface area contributed by atoms with Gasteiger partial charge >= 0.3 is 0 Å². The van der Waals surface area contributed by atoms with Crippen molar-refractivity contribution < 1.29 is 4.79 Å². The fraction of sp³-hybridized carbons (Fsp3) is 0.200. The maximum absolute atomic E-state index is 10.6. The molecule has 1 amide bonds. The highest BCUT2D eigenvalue weighted by molar-refractivity contribution is 5.82. The molecule has 0 atom stereocenters. The lowest BCUT2D eigenvalue weighted by Gasteiger charge is -1.99. The Morgan fingerprint density at radius 1 is 1.50 bits per heavy atom. The first-order chi connectivity index (χ1) is 6.77. The van der Waals surface area contributed by atoms with Crippen molar-refractivity contribution in [3.63, 3.8) is 0 Å². The van der Waals surface area contributed by atoms with Crippen molar-refractivity contribution >= 4 is 16.8 Å². The standard InChI is InChI=1S/C10H11N3O/c11-10(14)5-4-7-2-1-3-9-8(7)6-12-13-9/h1-3,6H,4-5H2,(H2,11,14)(H,12,13). The number of nitrogens with one attached hydrogen (secondary N) is 1. The highest BCUT2D eigenvalue weighted by atomic mass is 16.1. The predicted molar refractivity (Wildman–Crippen MR) is 53.6 cm³/mol. The fourth-order valence-electron chi connectivity index (χ4n) is 1.51. The van der Waals surface area contributed by atoms with Crippen LogP contribution in [0.1, 0.15) is 12.0 Å². The van der Waals surface area contributed by atoms with E-state index in [2.05, 4.69) is 10.2 Å². The lowest BCUT2D eigenvalue weighted by Crippen LogP contribution is -2.11. The van der Waals surface area contributed by atoms with E-state index in [-0.39, 0.29) is 5.91 Å². The number of aromatic nitrogens is 2.